The molecule has 0 saturated heterocycles. The van der Waals surface area contributed by atoms with Crippen molar-refractivity contribution in [2.45, 2.75) is 39.5 Å². The van der Waals surface area contributed by atoms with E-state index in [0.29, 0.717) is 31.2 Å². The van der Waals surface area contributed by atoms with Crippen LogP contribution >= 0.6 is 0 Å². The molecule has 1 unspecified atom stereocenters. The molecule has 0 bridgehead atoms. The molecule has 9 nitrogen and oxygen atoms in total. The summed E-state index contributed by atoms with van der Waals surface area (Å²) in [6.45, 7) is 22.1. The first-order valence-electron chi connectivity index (χ1n) is 14.1. The Morgan fingerprint density at radius 1 is 1.10 bits per heavy atom. The van der Waals surface area contributed by atoms with Crippen molar-refractivity contribution in [3.63, 3.8) is 0 Å². The van der Waals surface area contributed by atoms with Crippen molar-refractivity contribution in [1.82, 2.24) is 24.9 Å². The second-order valence-corrected chi connectivity index (χ2v) is 9.87. The van der Waals surface area contributed by atoms with E-state index in [1.807, 2.05) is 29.2 Å². The highest BCUT2D eigenvalue weighted by Crippen LogP contribution is 2.14. The molecule has 0 aliphatic carbocycles. The lowest BCUT2D eigenvalue weighted by Gasteiger charge is -2.29. The number of aliphatic hydroxyl groups excluding tert-OH is 1. The van der Waals surface area contributed by atoms with Gasteiger partial charge in [-0.1, -0.05) is 51.6 Å². The van der Waals surface area contributed by atoms with E-state index in [1.54, 1.807) is 25.1 Å². The monoisotopic (exact) mass is 556 g/mol. The molecule has 9 heteroatoms. The van der Waals surface area contributed by atoms with Gasteiger partial charge in [-0.2, -0.15) is 0 Å². The summed E-state index contributed by atoms with van der Waals surface area (Å²) in [7, 11) is 5.57. The third kappa shape index (κ3) is 13.4. The average molecular weight is 557 g/mol. The van der Waals surface area contributed by atoms with Crippen LogP contribution in [-0.4, -0.2) is 116 Å². The van der Waals surface area contributed by atoms with Crippen LogP contribution in [0.25, 0.3) is 0 Å². The zero-order valence-corrected chi connectivity index (χ0v) is 25.4. The number of unbranched alkanes of at least 4 members (excludes halogenated alkanes) is 1. The zero-order chi connectivity index (χ0) is 29.9. The maximum atomic E-state index is 12.9. The van der Waals surface area contributed by atoms with Gasteiger partial charge >= 0.3 is 0 Å². The Balaban J connectivity index is 2.78. The Hall–Kier alpha value is -2.98. The van der Waals surface area contributed by atoms with Crippen molar-refractivity contribution in [3.05, 3.63) is 67.4 Å². The van der Waals surface area contributed by atoms with Crippen LogP contribution in [0.3, 0.4) is 0 Å². The van der Waals surface area contributed by atoms with Gasteiger partial charge in [0.15, 0.2) is 6.23 Å². The molecule has 0 radical (unpaired) electrons. The number of methoxy groups -OCH3 is 1. The summed E-state index contributed by atoms with van der Waals surface area (Å²) in [6, 6.07) is 7.68. The molecular formula is C31H52N6O3. The Labute approximate surface area is 242 Å². The van der Waals surface area contributed by atoms with Crippen LogP contribution in [-0.2, 0) is 11.3 Å². The first kappa shape index (κ1) is 35.0. The number of nitrogens with zero attached hydrogens (tertiary/aromatic N) is 5. The van der Waals surface area contributed by atoms with Crippen LogP contribution in [0.1, 0.15) is 32.3 Å². The molecule has 0 saturated carbocycles. The number of hydrogen-bond acceptors (Lipinski definition) is 7. The van der Waals surface area contributed by atoms with Crippen LogP contribution in [0, 0.1) is 0 Å². The minimum absolute atomic E-state index is 0.0341. The average Bonchev–Trinajstić information content (AvgIpc) is 2.97. The van der Waals surface area contributed by atoms with Gasteiger partial charge in [0.25, 0.3) is 0 Å². The lowest BCUT2D eigenvalue weighted by Crippen LogP contribution is -2.50. The SMILES string of the molecule is C=CCN(Cc1ccc(OC)cc1)C(=NC(=C)C=C)C(O)NCC(=O)N(C)CCN(CC)CCN(C)CCCC. The summed E-state index contributed by atoms with van der Waals surface area (Å²) >= 11 is 0. The van der Waals surface area contributed by atoms with E-state index >= 15 is 0 Å². The summed E-state index contributed by atoms with van der Waals surface area (Å²) in [5.41, 5.74) is 1.41. The topological polar surface area (TPSA) is 83.9 Å². The third-order valence-electron chi connectivity index (χ3n) is 6.71. The summed E-state index contributed by atoms with van der Waals surface area (Å²) in [5, 5.41) is 14.0. The molecule has 1 atom stereocenters. The Morgan fingerprint density at radius 2 is 1.77 bits per heavy atom. The number of aliphatic imine (C=N–C) groups is 1. The summed E-state index contributed by atoms with van der Waals surface area (Å²) in [6.07, 6.45) is 4.47. The van der Waals surface area contributed by atoms with Gasteiger partial charge < -0.3 is 29.4 Å². The Morgan fingerprint density at radius 3 is 2.35 bits per heavy atom. The number of amides is 1. The molecule has 0 heterocycles. The predicted molar refractivity (Wildman–Crippen MR) is 167 cm³/mol. The highest BCUT2D eigenvalue weighted by Gasteiger charge is 2.22. The van der Waals surface area contributed by atoms with Gasteiger partial charge in [-0.15, -0.1) is 6.58 Å². The molecule has 0 aromatic heterocycles. The third-order valence-corrected chi connectivity index (χ3v) is 6.71. The van der Waals surface area contributed by atoms with Gasteiger partial charge in [0.2, 0.25) is 5.91 Å². The van der Waals surface area contributed by atoms with E-state index < -0.39 is 6.23 Å². The number of ether oxygens (including phenoxy) is 1. The molecule has 1 aromatic carbocycles. The van der Waals surface area contributed by atoms with E-state index in [9.17, 15) is 9.90 Å². The van der Waals surface area contributed by atoms with Crippen LogP contribution in [0.15, 0.2) is 66.8 Å². The second-order valence-electron chi connectivity index (χ2n) is 9.87. The van der Waals surface area contributed by atoms with E-state index in [4.69, 9.17) is 4.74 Å². The van der Waals surface area contributed by atoms with Gasteiger partial charge in [0.1, 0.15) is 11.6 Å². The van der Waals surface area contributed by atoms with Gasteiger partial charge in [0, 0.05) is 46.3 Å². The maximum Gasteiger partial charge on any atom is 0.236 e. The molecule has 1 rings (SSSR count). The number of nitrogens with one attached hydrogen (secondary N) is 1. The molecule has 2 N–H and O–H groups in total. The van der Waals surface area contributed by atoms with Crippen molar-refractivity contribution in [3.8, 4) is 5.75 Å². The van der Waals surface area contributed by atoms with Crippen molar-refractivity contribution >= 4 is 11.7 Å². The first-order valence-corrected chi connectivity index (χ1v) is 14.1. The lowest BCUT2D eigenvalue weighted by atomic mass is 10.2. The lowest BCUT2D eigenvalue weighted by molar-refractivity contribution is -0.129. The van der Waals surface area contributed by atoms with Gasteiger partial charge in [-0.3, -0.25) is 10.1 Å². The van der Waals surface area contributed by atoms with Crippen LogP contribution in [0.4, 0.5) is 0 Å². The number of carbonyl (C=O) groups is 1. The predicted octanol–water partition coefficient (Wildman–Crippen LogP) is 3.20. The molecule has 1 aromatic rings. The quantitative estimate of drug-likeness (QED) is 0.0791. The number of likely N-dealkylation sites (N-methyl/N-ethyl adjacent to an activating group) is 3. The highest BCUT2D eigenvalue weighted by molar-refractivity contribution is 5.88. The Kier molecular flexibility index (Phi) is 17.5. The normalized spacial score (nSPS) is 12.3. The summed E-state index contributed by atoms with van der Waals surface area (Å²) in [4.78, 5) is 25.7. The molecule has 224 valence electrons. The summed E-state index contributed by atoms with van der Waals surface area (Å²) < 4.78 is 5.25. The molecule has 0 spiro atoms. The smallest absolute Gasteiger partial charge is 0.236 e. The maximum absolute atomic E-state index is 12.9. The number of carbonyl (C=O) groups excluding carboxylic acids is 1. The fourth-order valence-corrected chi connectivity index (χ4v) is 3.95. The molecule has 0 fully saturated rings. The molecule has 0 aliphatic heterocycles. The van der Waals surface area contributed by atoms with Gasteiger partial charge in [0.05, 0.1) is 19.4 Å². The van der Waals surface area contributed by atoms with Crippen molar-refractivity contribution in [2.75, 3.05) is 73.6 Å². The van der Waals surface area contributed by atoms with Crippen molar-refractivity contribution < 1.29 is 14.6 Å². The number of hydrogen-bond donors (Lipinski definition) is 2. The fourth-order valence-electron chi connectivity index (χ4n) is 3.95. The van der Waals surface area contributed by atoms with E-state index in [2.05, 4.69) is 60.7 Å². The number of benzene rings is 1. The van der Waals surface area contributed by atoms with Crippen molar-refractivity contribution in [2.24, 2.45) is 4.99 Å². The minimum atomic E-state index is -1.20. The van der Waals surface area contributed by atoms with E-state index in [-0.39, 0.29) is 12.5 Å². The molecule has 1 amide bonds. The molecule has 40 heavy (non-hydrogen) atoms. The van der Waals surface area contributed by atoms with Crippen molar-refractivity contribution in [1.29, 1.82) is 0 Å². The largest absolute Gasteiger partial charge is 0.497 e. The number of allylic oxidation sites excluding steroid dienone is 1. The van der Waals surface area contributed by atoms with Crippen LogP contribution in [0.5, 0.6) is 5.75 Å². The second kappa shape index (κ2) is 20.0. The standard InChI is InChI=1S/C31H52N6O3/c1-9-13-19-34(6)20-22-36(12-4)23-21-35(7)29(38)24-32-31(39)30(33-26(5)11-3)37(18-10-2)25-27-14-16-28(40-8)17-15-27/h10-11,14-17,31-32,39H,2-3,5,9,12-13,18-25H2,1,4,6-8H3. The fraction of sp³-hybridized carbons (Fsp3) is 0.548. The number of aliphatic hydroxyl groups is 1. The number of rotatable bonds is 21. The van der Waals surface area contributed by atoms with Crippen LogP contribution < -0.4 is 10.1 Å². The summed E-state index contributed by atoms with van der Waals surface area (Å²) in [5.74, 6) is 0.988. The van der Waals surface area contributed by atoms with Gasteiger partial charge in [-0.05, 0) is 50.3 Å². The highest BCUT2D eigenvalue weighted by atomic mass is 16.5. The van der Waals surface area contributed by atoms with Gasteiger partial charge in [-0.25, -0.2) is 4.99 Å². The first-order chi connectivity index (χ1) is 19.2. The van der Waals surface area contributed by atoms with E-state index in [1.165, 1.54) is 18.9 Å². The van der Waals surface area contributed by atoms with E-state index in [0.717, 1.165) is 44.0 Å². The molecule has 0 aliphatic rings. The number of amidine groups is 1. The van der Waals surface area contributed by atoms with Crippen LogP contribution in [0.2, 0.25) is 0 Å². The zero-order valence-electron chi connectivity index (χ0n) is 25.4. The minimum Gasteiger partial charge on any atom is -0.497 e. The Bertz CT molecular complexity index is 934. The molecular weight excluding hydrogens is 504 g/mol.